The molecule has 0 amide bonds. The average Bonchev–Trinajstić information content (AvgIpc) is 2.13. The SMILES string of the molecule is CCCCCNc1cncc(Br)c1. The standard InChI is InChI=1S/C10H15BrN2/c1-2-3-4-5-13-10-6-9(11)7-12-8-10/h6-8,13H,2-5H2,1H3. The molecule has 0 aromatic carbocycles. The van der Waals surface area contributed by atoms with Crippen LogP contribution in [0.5, 0.6) is 0 Å². The topological polar surface area (TPSA) is 24.9 Å². The van der Waals surface area contributed by atoms with Crippen molar-refractivity contribution < 1.29 is 0 Å². The molecule has 0 aliphatic heterocycles. The predicted molar refractivity (Wildman–Crippen MR) is 60.0 cm³/mol. The third-order valence-corrected chi connectivity index (χ3v) is 2.25. The van der Waals surface area contributed by atoms with Gasteiger partial charge in [0, 0.05) is 17.2 Å². The molecule has 0 atom stereocenters. The van der Waals surface area contributed by atoms with Crippen LogP contribution in [0.15, 0.2) is 22.9 Å². The molecule has 1 aromatic heterocycles. The Morgan fingerprint density at radius 2 is 2.23 bits per heavy atom. The van der Waals surface area contributed by atoms with E-state index in [4.69, 9.17) is 0 Å². The van der Waals surface area contributed by atoms with E-state index in [1.165, 1.54) is 19.3 Å². The summed E-state index contributed by atoms with van der Waals surface area (Å²) in [7, 11) is 0. The molecule has 1 aromatic rings. The van der Waals surface area contributed by atoms with Crippen molar-refractivity contribution >= 4 is 21.6 Å². The highest BCUT2D eigenvalue weighted by Gasteiger charge is 1.92. The van der Waals surface area contributed by atoms with E-state index >= 15 is 0 Å². The number of nitrogens with one attached hydrogen (secondary N) is 1. The van der Waals surface area contributed by atoms with Gasteiger partial charge in [-0.15, -0.1) is 0 Å². The second kappa shape index (κ2) is 5.97. The Bertz CT molecular complexity index is 250. The number of rotatable bonds is 5. The maximum absolute atomic E-state index is 4.07. The molecule has 1 heterocycles. The normalized spacial score (nSPS) is 10.0. The van der Waals surface area contributed by atoms with Crippen LogP contribution in [0, 0.1) is 0 Å². The zero-order valence-electron chi connectivity index (χ0n) is 7.89. The summed E-state index contributed by atoms with van der Waals surface area (Å²) in [5, 5.41) is 3.33. The minimum absolute atomic E-state index is 1.02. The van der Waals surface area contributed by atoms with Crippen LogP contribution in [0.4, 0.5) is 5.69 Å². The van der Waals surface area contributed by atoms with Crippen LogP contribution in [0.2, 0.25) is 0 Å². The van der Waals surface area contributed by atoms with Crippen LogP contribution in [-0.4, -0.2) is 11.5 Å². The van der Waals surface area contributed by atoms with Gasteiger partial charge < -0.3 is 5.32 Å². The molecule has 0 radical (unpaired) electrons. The van der Waals surface area contributed by atoms with Gasteiger partial charge in [0.1, 0.15) is 0 Å². The molecule has 72 valence electrons. The van der Waals surface area contributed by atoms with Gasteiger partial charge in [-0.05, 0) is 28.4 Å². The van der Waals surface area contributed by atoms with E-state index in [1.807, 2.05) is 12.3 Å². The highest BCUT2D eigenvalue weighted by molar-refractivity contribution is 9.10. The number of anilines is 1. The second-order valence-electron chi connectivity index (χ2n) is 3.03. The summed E-state index contributed by atoms with van der Waals surface area (Å²) in [5.41, 5.74) is 1.09. The first kappa shape index (κ1) is 10.5. The number of hydrogen-bond acceptors (Lipinski definition) is 2. The summed E-state index contributed by atoms with van der Waals surface area (Å²) in [6.07, 6.45) is 7.41. The lowest BCUT2D eigenvalue weighted by atomic mass is 10.2. The summed E-state index contributed by atoms with van der Waals surface area (Å²) >= 11 is 3.38. The quantitative estimate of drug-likeness (QED) is 0.801. The van der Waals surface area contributed by atoms with Crippen molar-refractivity contribution in [2.75, 3.05) is 11.9 Å². The second-order valence-corrected chi connectivity index (χ2v) is 3.94. The highest BCUT2D eigenvalue weighted by Crippen LogP contribution is 2.13. The minimum atomic E-state index is 1.02. The summed E-state index contributed by atoms with van der Waals surface area (Å²) in [6, 6.07) is 2.04. The van der Waals surface area contributed by atoms with E-state index in [0.29, 0.717) is 0 Å². The van der Waals surface area contributed by atoms with Crippen molar-refractivity contribution in [2.24, 2.45) is 0 Å². The zero-order chi connectivity index (χ0) is 9.52. The zero-order valence-corrected chi connectivity index (χ0v) is 9.47. The van der Waals surface area contributed by atoms with Crippen LogP contribution in [-0.2, 0) is 0 Å². The molecule has 1 N–H and O–H groups in total. The summed E-state index contributed by atoms with van der Waals surface area (Å²) < 4.78 is 1.02. The Kier molecular flexibility index (Phi) is 4.83. The highest BCUT2D eigenvalue weighted by atomic mass is 79.9. The van der Waals surface area contributed by atoms with Crippen LogP contribution >= 0.6 is 15.9 Å². The molecule has 0 aliphatic rings. The third kappa shape index (κ3) is 4.27. The Balaban J connectivity index is 2.28. The first-order chi connectivity index (χ1) is 6.33. The van der Waals surface area contributed by atoms with Crippen LogP contribution in [0.25, 0.3) is 0 Å². The Hall–Kier alpha value is -0.570. The Morgan fingerprint density at radius 1 is 1.38 bits per heavy atom. The fourth-order valence-corrected chi connectivity index (χ4v) is 1.48. The first-order valence-electron chi connectivity index (χ1n) is 4.67. The van der Waals surface area contributed by atoms with Crippen molar-refractivity contribution in [3.63, 3.8) is 0 Å². The molecular weight excluding hydrogens is 228 g/mol. The number of unbranched alkanes of at least 4 members (excludes halogenated alkanes) is 2. The molecule has 0 saturated carbocycles. The number of nitrogens with zero attached hydrogens (tertiary/aromatic N) is 1. The van der Waals surface area contributed by atoms with E-state index in [1.54, 1.807) is 6.20 Å². The lowest BCUT2D eigenvalue weighted by Crippen LogP contribution is -2.01. The van der Waals surface area contributed by atoms with Crippen molar-refractivity contribution in [1.82, 2.24) is 4.98 Å². The van der Waals surface area contributed by atoms with Crippen LogP contribution in [0.1, 0.15) is 26.2 Å². The third-order valence-electron chi connectivity index (χ3n) is 1.81. The van der Waals surface area contributed by atoms with Gasteiger partial charge in [-0.3, -0.25) is 4.98 Å². The van der Waals surface area contributed by atoms with Gasteiger partial charge in [0.15, 0.2) is 0 Å². The molecule has 0 saturated heterocycles. The van der Waals surface area contributed by atoms with Gasteiger partial charge in [-0.1, -0.05) is 19.8 Å². The fraction of sp³-hybridized carbons (Fsp3) is 0.500. The van der Waals surface area contributed by atoms with E-state index < -0.39 is 0 Å². The largest absolute Gasteiger partial charge is 0.384 e. The number of aromatic nitrogens is 1. The van der Waals surface area contributed by atoms with Gasteiger partial charge in [-0.2, -0.15) is 0 Å². The molecule has 3 heteroatoms. The van der Waals surface area contributed by atoms with Gasteiger partial charge in [0.05, 0.1) is 11.9 Å². The summed E-state index contributed by atoms with van der Waals surface area (Å²) in [6.45, 7) is 3.24. The molecule has 2 nitrogen and oxygen atoms in total. The van der Waals surface area contributed by atoms with E-state index in [2.05, 4.69) is 33.2 Å². The minimum Gasteiger partial charge on any atom is -0.384 e. The fourth-order valence-electron chi connectivity index (χ4n) is 1.12. The monoisotopic (exact) mass is 242 g/mol. The maximum atomic E-state index is 4.07. The molecule has 0 fully saturated rings. The first-order valence-corrected chi connectivity index (χ1v) is 5.46. The van der Waals surface area contributed by atoms with E-state index in [9.17, 15) is 0 Å². The van der Waals surface area contributed by atoms with Crippen molar-refractivity contribution in [1.29, 1.82) is 0 Å². The Labute approximate surface area is 87.9 Å². The molecule has 13 heavy (non-hydrogen) atoms. The van der Waals surface area contributed by atoms with Crippen LogP contribution < -0.4 is 5.32 Å². The van der Waals surface area contributed by atoms with Crippen molar-refractivity contribution in [2.45, 2.75) is 26.2 Å². The smallest absolute Gasteiger partial charge is 0.0538 e. The number of pyridine rings is 1. The molecule has 0 spiro atoms. The number of halogens is 1. The van der Waals surface area contributed by atoms with Gasteiger partial charge in [0.25, 0.3) is 0 Å². The number of hydrogen-bond donors (Lipinski definition) is 1. The van der Waals surface area contributed by atoms with Gasteiger partial charge in [-0.25, -0.2) is 0 Å². The molecule has 0 bridgehead atoms. The van der Waals surface area contributed by atoms with Crippen molar-refractivity contribution in [3.8, 4) is 0 Å². The maximum Gasteiger partial charge on any atom is 0.0538 e. The van der Waals surface area contributed by atoms with Gasteiger partial charge >= 0.3 is 0 Å². The summed E-state index contributed by atoms with van der Waals surface area (Å²) in [4.78, 5) is 4.07. The van der Waals surface area contributed by atoms with Crippen LogP contribution in [0.3, 0.4) is 0 Å². The molecule has 0 aliphatic carbocycles. The van der Waals surface area contributed by atoms with E-state index in [0.717, 1.165) is 16.7 Å². The lowest BCUT2D eigenvalue weighted by molar-refractivity contribution is 0.743. The Morgan fingerprint density at radius 3 is 2.92 bits per heavy atom. The molecular formula is C10H15BrN2. The van der Waals surface area contributed by atoms with E-state index in [-0.39, 0.29) is 0 Å². The summed E-state index contributed by atoms with van der Waals surface area (Å²) in [5.74, 6) is 0. The molecule has 1 rings (SSSR count). The van der Waals surface area contributed by atoms with Crippen molar-refractivity contribution in [3.05, 3.63) is 22.9 Å². The average molecular weight is 243 g/mol. The van der Waals surface area contributed by atoms with Gasteiger partial charge in [0.2, 0.25) is 0 Å². The lowest BCUT2D eigenvalue weighted by Gasteiger charge is -2.04. The predicted octanol–water partition coefficient (Wildman–Crippen LogP) is 3.45. The molecule has 0 unspecified atom stereocenters.